The van der Waals surface area contributed by atoms with E-state index in [4.69, 9.17) is 0 Å². The molecule has 6 nitrogen and oxygen atoms in total. The Balaban J connectivity index is 1.57. The van der Waals surface area contributed by atoms with Crippen molar-refractivity contribution in [1.29, 1.82) is 0 Å². The van der Waals surface area contributed by atoms with E-state index in [1.54, 1.807) is 24.7 Å². The summed E-state index contributed by atoms with van der Waals surface area (Å²) in [5.41, 5.74) is 2.73. The Kier molecular flexibility index (Phi) is 4.58. The number of aliphatic hydroxyl groups excluding tert-OH is 1. The number of aliphatic hydroxyl groups is 1. The van der Waals surface area contributed by atoms with E-state index in [-0.39, 0.29) is 24.0 Å². The zero-order chi connectivity index (χ0) is 17.9. The van der Waals surface area contributed by atoms with Crippen LogP contribution >= 0.6 is 0 Å². The third kappa shape index (κ3) is 3.41. The lowest BCUT2D eigenvalue weighted by Crippen LogP contribution is -2.48. The second kappa shape index (κ2) is 7.17. The van der Waals surface area contributed by atoms with Crippen LogP contribution in [0.3, 0.4) is 0 Å². The quantitative estimate of drug-likeness (QED) is 0.737. The molecule has 0 radical (unpaired) electrons. The molecule has 0 saturated heterocycles. The summed E-state index contributed by atoms with van der Waals surface area (Å²) < 4.78 is 0. The van der Waals surface area contributed by atoms with Crippen LogP contribution in [-0.2, 0) is 6.42 Å². The minimum absolute atomic E-state index is 0.0762. The zero-order valence-electron chi connectivity index (χ0n) is 14.2. The van der Waals surface area contributed by atoms with E-state index in [1.165, 1.54) is 0 Å². The van der Waals surface area contributed by atoms with Crippen LogP contribution < -0.4 is 5.32 Å². The fourth-order valence-corrected chi connectivity index (χ4v) is 3.46. The number of carbonyl (C=O) groups excluding carboxylic acids is 1. The van der Waals surface area contributed by atoms with Crippen molar-refractivity contribution < 1.29 is 9.90 Å². The molecule has 26 heavy (non-hydrogen) atoms. The molecule has 1 aliphatic rings. The van der Waals surface area contributed by atoms with Gasteiger partial charge in [0, 0.05) is 36.7 Å². The molecule has 3 aromatic rings. The van der Waals surface area contributed by atoms with Crippen LogP contribution in [0, 0.1) is 5.92 Å². The Morgan fingerprint density at radius 1 is 1.08 bits per heavy atom. The van der Waals surface area contributed by atoms with Gasteiger partial charge >= 0.3 is 0 Å². The predicted octanol–water partition coefficient (Wildman–Crippen LogP) is 2.14. The first-order valence-corrected chi connectivity index (χ1v) is 8.79. The summed E-state index contributed by atoms with van der Waals surface area (Å²) in [5.74, 6) is 0.0791. The molecule has 1 aliphatic carbocycles. The smallest absolute Gasteiger partial charge is 0.253 e. The van der Waals surface area contributed by atoms with Crippen molar-refractivity contribution in [1.82, 2.24) is 20.3 Å². The van der Waals surface area contributed by atoms with E-state index in [9.17, 15) is 9.90 Å². The molecular weight excluding hydrogens is 328 g/mol. The summed E-state index contributed by atoms with van der Waals surface area (Å²) in [6.45, 7) is 0. The van der Waals surface area contributed by atoms with Crippen LogP contribution in [0.4, 0.5) is 0 Å². The van der Waals surface area contributed by atoms with Gasteiger partial charge < -0.3 is 10.4 Å². The van der Waals surface area contributed by atoms with E-state index >= 15 is 0 Å². The van der Waals surface area contributed by atoms with Gasteiger partial charge in [0.15, 0.2) is 0 Å². The Labute approximate surface area is 151 Å². The number of benzene rings is 1. The van der Waals surface area contributed by atoms with Gasteiger partial charge in [0.2, 0.25) is 0 Å². The fraction of sp³-hybridized carbons (Fsp3) is 0.300. The highest BCUT2D eigenvalue weighted by Gasteiger charge is 2.35. The lowest BCUT2D eigenvalue weighted by molar-refractivity contribution is 0.0238. The summed E-state index contributed by atoms with van der Waals surface area (Å²) in [6, 6.07) is 11.1. The predicted molar refractivity (Wildman–Crippen MR) is 97.5 cm³/mol. The van der Waals surface area contributed by atoms with Gasteiger partial charge in [-0.1, -0.05) is 12.1 Å². The van der Waals surface area contributed by atoms with Gasteiger partial charge in [-0.2, -0.15) is 0 Å². The van der Waals surface area contributed by atoms with Crippen molar-refractivity contribution in [2.24, 2.45) is 5.92 Å². The standard InChI is InChI=1S/C20H20N4O2/c25-15-10-13(11-15)18(12-14-4-1-2-7-21-14)24-20(26)16-5-3-6-17-19(16)23-9-8-22-17/h1-9,13,15,18,25H,10-12H2,(H,24,26)/t13?,15?,18-/m1/s1. The second-order valence-electron chi connectivity index (χ2n) is 6.72. The molecule has 0 aliphatic heterocycles. The summed E-state index contributed by atoms with van der Waals surface area (Å²) in [4.78, 5) is 25.9. The third-order valence-electron chi connectivity index (χ3n) is 4.93. The van der Waals surface area contributed by atoms with Crippen LogP contribution in [0.5, 0.6) is 0 Å². The Bertz CT molecular complexity index is 905. The molecule has 1 aromatic carbocycles. The van der Waals surface area contributed by atoms with E-state index in [0.717, 1.165) is 5.69 Å². The minimum atomic E-state index is -0.272. The highest BCUT2D eigenvalue weighted by atomic mass is 16.3. The highest BCUT2D eigenvalue weighted by Crippen LogP contribution is 2.32. The number of nitrogens with one attached hydrogen (secondary N) is 1. The number of nitrogens with zero attached hydrogens (tertiary/aromatic N) is 3. The Morgan fingerprint density at radius 3 is 2.69 bits per heavy atom. The Hall–Kier alpha value is -2.86. The molecule has 132 valence electrons. The summed E-state index contributed by atoms with van der Waals surface area (Å²) in [5, 5.41) is 12.8. The number of hydrogen-bond acceptors (Lipinski definition) is 5. The molecule has 0 spiro atoms. The lowest BCUT2D eigenvalue weighted by atomic mass is 9.76. The third-order valence-corrected chi connectivity index (χ3v) is 4.93. The first-order chi connectivity index (χ1) is 12.7. The maximum absolute atomic E-state index is 12.9. The monoisotopic (exact) mass is 348 g/mol. The molecule has 1 amide bonds. The molecule has 1 fully saturated rings. The number of pyridine rings is 1. The van der Waals surface area contributed by atoms with Crippen molar-refractivity contribution in [2.75, 3.05) is 0 Å². The van der Waals surface area contributed by atoms with E-state index in [1.807, 2.05) is 30.3 Å². The topological polar surface area (TPSA) is 88.0 Å². The van der Waals surface area contributed by atoms with Gasteiger partial charge in [-0.05, 0) is 43.0 Å². The average Bonchev–Trinajstić information content (AvgIpc) is 2.65. The van der Waals surface area contributed by atoms with Crippen molar-refractivity contribution in [3.05, 3.63) is 66.2 Å². The van der Waals surface area contributed by atoms with Gasteiger partial charge in [0.05, 0.1) is 17.2 Å². The average molecular weight is 348 g/mol. The number of amides is 1. The van der Waals surface area contributed by atoms with Crippen LogP contribution in [0.25, 0.3) is 11.0 Å². The van der Waals surface area contributed by atoms with Crippen LogP contribution in [0.2, 0.25) is 0 Å². The number of hydrogen-bond donors (Lipinski definition) is 2. The van der Waals surface area contributed by atoms with E-state index in [2.05, 4.69) is 20.3 Å². The van der Waals surface area contributed by atoms with Crippen LogP contribution in [0.15, 0.2) is 55.0 Å². The summed E-state index contributed by atoms with van der Waals surface area (Å²) in [6.07, 6.45) is 6.73. The molecule has 4 rings (SSSR count). The van der Waals surface area contributed by atoms with Crippen molar-refractivity contribution in [2.45, 2.75) is 31.4 Å². The lowest BCUT2D eigenvalue weighted by Gasteiger charge is -2.38. The van der Waals surface area contributed by atoms with Crippen molar-refractivity contribution >= 4 is 16.9 Å². The molecular formula is C20H20N4O2. The molecule has 0 bridgehead atoms. The van der Waals surface area contributed by atoms with Gasteiger partial charge in [-0.3, -0.25) is 19.7 Å². The van der Waals surface area contributed by atoms with E-state index in [0.29, 0.717) is 35.9 Å². The first kappa shape index (κ1) is 16.6. The normalized spacial score (nSPS) is 20.3. The van der Waals surface area contributed by atoms with Crippen molar-refractivity contribution in [3.63, 3.8) is 0 Å². The molecule has 2 N–H and O–H groups in total. The molecule has 1 atom stereocenters. The maximum atomic E-state index is 12.9. The fourth-order valence-electron chi connectivity index (χ4n) is 3.46. The van der Waals surface area contributed by atoms with Crippen LogP contribution in [-0.4, -0.2) is 38.1 Å². The largest absolute Gasteiger partial charge is 0.393 e. The number of carbonyl (C=O) groups is 1. The summed E-state index contributed by atoms with van der Waals surface area (Å²) in [7, 11) is 0. The zero-order valence-corrected chi connectivity index (χ0v) is 14.2. The van der Waals surface area contributed by atoms with Gasteiger partial charge in [0.1, 0.15) is 5.52 Å². The van der Waals surface area contributed by atoms with Crippen molar-refractivity contribution in [3.8, 4) is 0 Å². The minimum Gasteiger partial charge on any atom is -0.393 e. The van der Waals surface area contributed by atoms with Crippen LogP contribution in [0.1, 0.15) is 28.9 Å². The van der Waals surface area contributed by atoms with Gasteiger partial charge in [0.25, 0.3) is 5.91 Å². The highest BCUT2D eigenvalue weighted by molar-refractivity contribution is 6.04. The second-order valence-corrected chi connectivity index (χ2v) is 6.72. The number of aromatic nitrogens is 3. The maximum Gasteiger partial charge on any atom is 0.253 e. The first-order valence-electron chi connectivity index (χ1n) is 8.79. The number of para-hydroxylation sites is 1. The molecule has 6 heteroatoms. The Morgan fingerprint density at radius 2 is 1.92 bits per heavy atom. The number of fused-ring (bicyclic) bond motifs is 1. The van der Waals surface area contributed by atoms with Gasteiger partial charge in [-0.15, -0.1) is 0 Å². The number of rotatable bonds is 5. The molecule has 2 heterocycles. The summed E-state index contributed by atoms with van der Waals surface area (Å²) >= 11 is 0. The molecule has 0 unspecified atom stereocenters. The van der Waals surface area contributed by atoms with E-state index < -0.39 is 0 Å². The van der Waals surface area contributed by atoms with Gasteiger partial charge in [-0.25, -0.2) is 0 Å². The SMILES string of the molecule is O=C(N[C@H](Cc1ccccn1)C1CC(O)C1)c1cccc2nccnc12. The molecule has 1 saturated carbocycles. The molecule has 2 aromatic heterocycles.